The highest BCUT2D eigenvalue weighted by Crippen LogP contribution is 2.27. The maximum atomic E-state index is 12.5. The number of carbonyl (C=O) groups is 1. The first-order valence-electron chi connectivity index (χ1n) is 9.98. The largest absolute Gasteiger partial charge is 0.495 e. The number of carbonyl (C=O) groups excluding carboxylic acids is 1. The lowest BCUT2D eigenvalue weighted by Gasteiger charge is -2.35. The summed E-state index contributed by atoms with van der Waals surface area (Å²) >= 11 is 6.11. The van der Waals surface area contributed by atoms with E-state index in [0.29, 0.717) is 29.2 Å². The number of nitrogens with one attached hydrogen (secondary N) is 1. The number of hydrogen-bond donors (Lipinski definition) is 2. The Balaban J connectivity index is 0.00000300. The van der Waals surface area contributed by atoms with Gasteiger partial charge in [-0.15, -0.1) is 24.0 Å². The minimum Gasteiger partial charge on any atom is -0.495 e. The fraction of sp³-hybridized carbons (Fsp3) is 0.600. The number of hydrogen-bond acceptors (Lipinski definition) is 4. The van der Waals surface area contributed by atoms with Crippen molar-refractivity contribution in [1.82, 2.24) is 9.80 Å². The van der Waals surface area contributed by atoms with Crippen LogP contribution >= 0.6 is 35.6 Å². The second-order valence-corrected chi connectivity index (χ2v) is 7.80. The number of ether oxygens (including phenoxy) is 1. The van der Waals surface area contributed by atoms with E-state index >= 15 is 0 Å². The van der Waals surface area contributed by atoms with Crippen molar-refractivity contribution in [3.63, 3.8) is 0 Å². The average molecular weight is 536 g/mol. The van der Waals surface area contributed by atoms with Gasteiger partial charge >= 0.3 is 0 Å². The third-order valence-corrected chi connectivity index (χ3v) is 5.81. The Labute approximate surface area is 195 Å². The van der Waals surface area contributed by atoms with E-state index in [4.69, 9.17) is 22.1 Å². The molecule has 1 aliphatic carbocycles. The average Bonchev–Trinajstić information content (AvgIpc) is 3.23. The Morgan fingerprint density at radius 3 is 2.59 bits per heavy atom. The van der Waals surface area contributed by atoms with Crippen LogP contribution in [0.25, 0.3) is 0 Å². The Morgan fingerprint density at radius 2 is 1.97 bits per heavy atom. The van der Waals surface area contributed by atoms with E-state index < -0.39 is 0 Å². The summed E-state index contributed by atoms with van der Waals surface area (Å²) < 4.78 is 5.14. The molecule has 1 aromatic carbocycles. The van der Waals surface area contributed by atoms with Crippen LogP contribution in [0.15, 0.2) is 23.2 Å². The number of nitrogens with two attached hydrogens (primary N) is 1. The van der Waals surface area contributed by atoms with Crippen molar-refractivity contribution < 1.29 is 9.53 Å². The van der Waals surface area contributed by atoms with Gasteiger partial charge in [0, 0.05) is 44.3 Å². The van der Waals surface area contributed by atoms with E-state index in [2.05, 4.69) is 15.2 Å². The van der Waals surface area contributed by atoms with Crippen molar-refractivity contribution in [2.45, 2.75) is 25.7 Å². The zero-order chi connectivity index (χ0) is 19.9. The van der Waals surface area contributed by atoms with E-state index in [1.54, 1.807) is 19.2 Å². The Morgan fingerprint density at radius 1 is 1.28 bits per heavy atom. The van der Waals surface area contributed by atoms with Gasteiger partial charge in [0.15, 0.2) is 5.96 Å². The molecule has 0 unspecified atom stereocenters. The van der Waals surface area contributed by atoms with Gasteiger partial charge in [-0.05, 0) is 31.0 Å². The van der Waals surface area contributed by atoms with Crippen molar-refractivity contribution >= 4 is 53.1 Å². The smallest absolute Gasteiger partial charge is 0.225 e. The zero-order valence-corrected chi connectivity index (χ0v) is 20.0. The first-order chi connectivity index (χ1) is 13.6. The standard InChI is InChI=1S/C20H30ClN5O2.HI/c1-28-18-7-6-16(14-17(18)21)24-20(22)23-8-9-25-10-12-26(13-11-25)19(27)15-4-2-3-5-15;/h6-7,14-15H,2-5,8-13H2,1H3,(H3,22,23,24);1H. The minimum absolute atomic E-state index is 0. The van der Waals surface area contributed by atoms with E-state index in [1.165, 1.54) is 12.8 Å². The second kappa shape index (κ2) is 11.8. The normalized spacial score (nSPS) is 18.4. The minimum atomic E-state index is 0. The quantitative estimate of drug-likeness (QED) is 0.332. The number of piperazine rings is 1. The summed E-state index contributed by atoms with van der Waals surface area (Å²) in [4.78, 5) is 21.3. The molecule has 1 saturated heterocycles. The highest BCUT2D eigenvalue weighted by atomic mass is 127. The predicted molar refractivity (Wildman–Crippen MR) is 129 cm³/mol. The first-order valence-corrected chi connectivity index (χ1v) is 10.4. The number of guanidine groups is 1. The van der Waals surface area contributed by atoms with Gasteiger partial charge in [-0.25, -0.2) is 0 Å². The molecule has 1 aliphatic heterocycles. The molecule has 0 bridgehead atoms. The molecule has 1 heterocycles. The van der Waals surface area contributed by atoms with E-state index in [1.807, 2.05) is 11.0 Å². The Hall–Kier alpha value is -1.26. The summed E-state index contributed by atoms with van der Waals surface area (Å²) in [5, 5.41) is 3.56. The molecule has 2 fully saturated rings. The lowest BCUT2D eigenvalue weighted by Crippen LogP contribution is -2.50. The van der Waals surface area contributed by atoms with Gasteiger partial charge in [-0.3, -0.25) is 14.7 Å². The Kier molecular flexibility index (Phi) is 9.78. The number of anilines is 1. The monoisotopic (exact) mass is 535 g/mol. The molecule has 0 spiro atoms. The number of rotatable bonds is 6. The third-order valence-electron chi connectivity index (χ3n) is 5.51. The van der Waals surface area contributed by atoms with E-state index in [0.717, 1.165) is 51.3 Å². The van der Waals surface area contributed by atoms with E-state index in [9.17, 15) is 4.79 Å². The molecule has 1 aromatic rings. The molecule has 7 nitrogen and oxygen atoms in total. The fourth-order valence-electron chi connectivity index (χ4n) is 3.87. The van der Waals surface area contributed by atoms with Crippen LogP contribution in [0, 0.1) is 5.92 Å². The summed E-state index contributed by atoms with van der Waals surface area (Å²) in [5.41, 5.74) is 6.74. The number of benzene rings is 1. The fourth-order valence-corrected chi connectivity index (χ4v) is 4.12. The third kappa shape index (κ3) is 6.89. The molecule has 0 aromatic heterocycles. The lowest BCUT2D eigenvalue weighted by atomic mass is 10.1. The zero-order valence-electron chi connectivity index (χ0n) is 16.9. The van der Waals surface area contributed by atoms with Crippen molar-refractivity contribution in [2.75, 3.05) is 51.7 Å². The molecule has 1 saturated carbocycles. The first kappa shape index (κ1) is 24.0. The predicted octanol–water partition coefficient (Wildman–Crippen LogP) is 3.03. The van der Waals surface area contributed by atoms with Crippen LogP contribution in [0.2, 0.25) is 5.02 Å². The second-order valence-electron chi connectivity index (χ2n) is 7.39. The maximum absolute atomic E-state index is 12.5. The lowest BCUT2D eigenvalue weighted by molar-refractivity contribution is -0.137. The van der Waals surface area contributed by atoms with Gasteiger partial charge in [-0.2, -0.15) is 0 Å². The van der Waals surface area contributed by atoms with Gasteiger partial charge < -0.3 is 20.7 Å². The van der Waals surface area contributed by atoms with Crippen molar-refractivity contribution in [3.8, 4) is 5.75 Å². The number of amides is 1. The van der Waals surface area contributed by atoms with Crippen LogP contribution in [0.1, 0.15) is 25.7 Å². The molecule has 162 valence electrons. The SMILES string of the molecule is COc1ccc(NC(N)=NCCN2CCN(C(=O)C3CCCC3)CC2)cc1Cl.I. The molecular weight excluding hydrogens is 505 g/mol. The van der Waals surface area contributed by atoms with Gasteiger partial charge in [0.1, 0.15) is 5.75 Å². The molecule has 9 heteroatoms. The summed E-state index contributed by atoms with van der Waals surface area (Å²) in [5.74, 6) is 1.61. The van der Waals surface area contributed by atoms with Gasteiger partial charge in [0.2, 0.25) is 5.91 Å². The van der Waals surface area contributed by atoms with Crippen LogP contribution in [0.5, 0.6) is 5.75 Å². The highest BCUT2D eigenvalue weighted by Gasteiger charge is 2.29. The number of nitrogens with zero attached hydrogens (tertiary/aromatic N) is 3. The van der Waals surface area contributed by atoms with Crippen molar-refractivity contribution in [1.29, 1.82) is 0 Å². The number of halogens is 2. The molecular formula is C20H31ClIN5O2. The van der Waals surface area contributed by atoms with Crippen LogP contribution in [0.4, 0.5) is 5.69 Å². The van der Waals surface area contributed by atoms with Crippen molar-refractivity contribution in [3.05, 3.63) is 23.2 Å². The summed E-state index contributed by atoms with van der Waals surface area (Å²) in [7, 11) is 1.58. The topological polar surface area (TPSA) is 83.2 Å². The van der Waals surface area contributed by atoms with Gasteiger partial charge in [0.25, 0.3) is 0 Å². The molecule has 1 amide bonds. The van der Waals surface area contributed by atoms with Crippen LogP contribution in [-0.2, 0) is 4.79 Å². The van der Waals surface area contributed by atoms with Crippen LogP contribution < -0.4 is 15.8 Å². The molecule has 2 aliphatic rings. The summed E-state index contributed by atoms with van der Waals surface area (Å²) in [6.45, 7) is 4.87. The van der Waals surface area contributed by atoms with E-state index in [-0.39, 0.29) is 29.9 Å². The van der Waals surface area contributed by atoms with Crippen LogP contribution in [0.3, 0.4) is 0 Å². The summed E-state index contributed by atoms with van der Waals surface area (Å²) in [6.07, 6.45) is 4.54. The molecule has 0 atom stereocenters. The molecule has 0 radical (unpaired) electrons. The Bertz CT molecular complexity index is 704. The van der Waals surface area contributed by atoms with Gasteiger partial charge in [-0.1, -0.05) is 24.4 Å². The molecule has 3 N–H and O–H groups in total. The number of methoxy groups -OCH3 is 1. The summed E-state index contributed by atoms with van der Waals surface area (Å²) in [6, 6.07) is 5.38. The van der Waals surface area contributed by atoms with Crippen LogP contribution in [-0.4, -0.2) is 68.0 Å². The number of aliphatic imine (C=N–C) groups is 1. The maximum Gasteiger partial charge on any atom is 0.225 e. The molecule has 29 heavy (non-hydrogen) atoms. The van der Waals surface area contributed by atoms with Gasteiger partial charge in [0.05, 0.1) is 18.7 Å². The molecule has 3 rings (SSSR count). The van der Waals surface area contributed by atoms with Crippen molar-refractivity contribution in [2.24, 2.45) is 16.6 Å². The highest BCUT2D eigenvalue weighted by molar-refractivity contribution is 14.0.